The van der Waals surface area contributed by atoms with Gasteiger partial charge in [-0.25, -0.2) is 0 Å². The van der Waals surface area contributed by atoms with Crippen LogP contribution in [0.15, 0.2) is 57.5 Å². The number of hydrogen-bond acceptors (Lipinski definition) is 3. The zero-order valence-corrected chi connectivity index (χ0v) is 16.1. The minimum absolute atomic E-state index is 0.240. The van der Waals surface area contributed by atoms with Crippen LogP contribution in [0, 0.1) is 0 Å². The maximum atomic E-state index is 8.78. The minimum atomic E-state index is 0.240. The summed E-state index contributed by atoms with van der Waals surface area (Å²) in [6.07, 6.45) is 0.240. The van der Waals surface area contributed by atoms with Crippen LogP contribution in [-0.4, -0.2) is 22.9 Å². The Kier molecular flexibility index (Phi) is 11.9. The summed E-state index contributed by atoms with van der Waals surface area (Å²) < 4.78 is 7.42. The number of rotatable bonds is 2. The highest BCUT2D eigenvalue weighted by molar-refractivity contribution is 9.10. The third-order valence-corrected chi connectivity index (χ3v) is 2.96. The largest absolute Gasteiger partial charge is 0.508 e. The lowest BCUT2D eigenvalue weighted by atomic mass is 10.3. The van der Waals surface area contributed by atoms with Crippen molar-refractivity contribution < 1.29 is 14.9 Å². The molecule has 0 radical (unpaired) electrons. The van der Waals surface area contributed by atoms with Crippen molar-refractivity contribution in [3.63, 3.8) is 0 Å². The van der Waals surface area contributed by atoms with Gasteiger partial charge in [0.15, 0.2) is 0 Å². The van der Waals surface area contributed by atoms with E-state index in [4.69, 9.17) is 14.9 Å². The van der Waals surface area contributed by atoms with Crippen LogP contribution in [0.5, 0.6) is 11.5 Å². The zero-order valence-electron chi connectivity index (χ0n) is 13.0. The molecule has 0 aliphatic carbocycles. The van der Waals surface area contributed by atoms with Gasteiger partial charge in [-0.05, 0) is 57.2 Å². The Morgan fingerprint density at radius 2 is 1.50 bits per heavy atom. The van der Waals surface area contributed by atoms with E-state index in [1.807, 2.05) is 44.2 Å². The molecule has 0 saturated carbocycles. The van der Waals surface area contributed by atoms with E-state index in [1.165, 1.54) is 0 Å². The van der Waals surface area contributed by atoms with E-state index < -0.39 is 0 Å². The Balaban J connectivity index is 0.000000352. The number of aliphatic hydroxyl groups is 1. The molecule has 0 heterocycles. The lowest BCUT2D eigenvalue weighted by Crippen LogP contribution is -2.04. The average molecular weight is 434 g/mol. The molecule has 0 aliphatic rings. The third-order valence-electron chi connectivity index (χ3n) is 1.98. The lowest BCUT2D eigenvalue weighted by molar-refractivity contribution is 0.242. The van der Waals surface area contributed by atoms with E-state index in [0.29, 0.717) is 5.75 Å². The first-order valence-corrected chi connectivity index (χ1v) is 8.45. The van der Waals surface area contributed by atoms with Gasteiger partial charge >= 0.3 is 0 Å². The van der Waals surface area contributed by atoms with Crippen molar-refractivity contribution in [2.75, 3.05) is 6.61 Å². The van der Waals surface area contributed by atoms with Crippen LogP contribution in [0.2, 0.25) is 0 Å². The molecule has 0 bridgehead atoms. The van der Waals surface area contributed by atoms with E-state index in [0.717, 1.165) is 14.7 Å². The molecule has 0 fully saturated rings. The number of phenolic OH excluding ortho intramolecular Hbond substituents is 1. The average Bonchev–Trinajstić information content (AvgIpc) is 2.39. The Morgan fingerprint density at radius 3 is 1.86 bits per heavy atom. The predicted molar refractivity (Wildman–Crippen MR) is 98.5 cm³/mol. The lowest BCUT2D eigenvalue weighted by Gasteiger charge is -2.08. The van der Waals surface area contributed by atoms with Gasteiger partial charge in [0.25, 0.3) is 0 Å². The van der Waals surface area contributed by atoms with Gasteiger partial charge in [0.05, 0.1) is 6.10 Å². The first-order chi connectivity index (χ1) is 10.4. The second kappa shape index (κ2) is 12.5. The first-order valence-electron chi connectivity index (χ1n) is 6.86. The molecule has 2 N–H and O–H groups in total. The molecule has 0 amide bonds. The Bertz CT molecular complexity index is 514. The topological polar surface area (TPSA) is 49.7 Å². The number of hydrogen-bond donors (Lipinski definition) is 2. The van der Waals surface area contributed by atoms with Crippen molar-refractivity contribution in [1.29, 1.82) is 0 Å². The molecule has 122 valence electrons. The highest BCUT2D eigenvalue weighted by atomic mass is 79.9. The van der Waals surface area contributed by atoms with Gasteiger partial charge in [-0.15, -0.1) is 0 Å². The van der Waals surface area contributed by atoms with E-state index in [9.17, 15) is 0 Å². The third kappa shape index (κ3) is 11.6. The van der Waals surface area contributed by atoms with Crippen molar-refractivity contribution in [1.82, 2.24) is 0 Å². The van der Waals surface area contributed by atoms with Crippen molar-refractivity contribution in [3.05, 3.63) is 57.5 Å². The fourth-order valence-electron chi connectivity index (χ4n) is 1.29. The van der Waals surface area contributed by atoms with Gasteiger partial charge in [-0.3, -0.25) is 0 Å². The fourth-order valence-corrected chi connectivity index (χ4v) is 2.05. The number of aliphatic hydroxyl groups excluding tert-OH is 1. The molecule has 22 heavy (non-hydrogen) atoms. The SMILES string of the molecule is CC(C)Oc1cccc(Br)c1.CCO.Oc1cccc(Br)c1. The normalized spacial score (nSPS) is 9.23. The Hall–Kier alpha value is -1.04. The molecular weight excluding hydrogens is 412 g/mol. The number of ether oxygens (including phenoxy) is 1. The van der Waals surface area contributed by atoms with E-state index in [1.54, 1.807) is 25.1 Å². The first kappa shape index (κ1) is 21.0. The van der Waals surface area contributed by atoms with Gasteiger partial charge in [-0.1, -0.05) is 44.0 Å². The smallest absolute Gasteiger partial charge is 0.120 e. The zero-order chi connectivity index (χ0) is 17.0. The molecule has 5 heteroatoms. The van der Waals surface area contributed by atoms with Crippen molar-refractivity contribution in [2.45, 2.75) is 26.9 Å². The van der Waals surface area contributed by atoms with Gasteiger partial charge in [-0.2, -0.15) is 0 Å². The van der Waals surface area contributed by atoms with Crippen LogP contribution in [0.25, 0.3) is 0 Å². The molecule has 2 aromatic rings. The molecule has 2 rings (SSSR count). The van der Waals surface area contributed by atoms with Crippen LogP contribution in [-0.2, 0) is 0 Å². The van der Waals surface area contributed by atoms with Crippen molar-refractivity contribution in [3.8, 4) is 11.5 Å². The molecule has 2 aromatic carbocycles. The molecular formula is C17H22Br2O3. The van der Waals surface area contributed by atoms with E-state index in [2.05, 4.69) is 31.9 Å². The van der Waals surface area contributed by atoms with Crippen LogP contribution in [0.1, 0.15) is 20.8 Å². The molecule has 0 spiro atoms. The second-order valence-corrected chi connectivity index (χ2v) is 6.25. The highest BCUT2D eigenvalue weighted by Gasteiger charge is 1.96. The van der Waals surface area contributed by atoms with Crippen molar-refractivity contribution in [2.24, 2.45) is 0 Å². The van der Waals surface area contributed by atoms with E-state index in [-0.39, 0.29) is 12.7 Å². The fraction of sp³-hybridized carbons (Fsp3) is 0.294. The van der Waals surface area contributed by atoms with Crippen molar-refractivity contribution >= 4 is 31.9 Å². The molecule has 0 atom stereocenters. The maximum Gasteiger partial charge on any atom is 0.120 e. The Labute approximate surface area is 149 Å². The summed E-state index contributed by atoms with van der Waals surface area (Å²) in [7, 11) is 0. The molecule has 3 nitrogen and oxygen atoms in total. The summed E-state index contributed by atoms with van der Waals surface area (Å²) in [5, 5.41) is 16.4. The summed E-state index contributed by atoms with van der Waals surface area (Å²) in [5.41, 5.74) is 0. The monoisotopic (exact) mass is 432 g/mol. The van der Waals surface area contributed by atoms with Crippen LogP contribution in [0.4, 0.5) is 0 Å². The number of benzene rings is 2. The predicted octanol–water partition coefficient (Wildman–Crippen LogP) is 5.39. The van der Waals surface area contributed by atoms with Crippen LogP contribution in [0.3, 0.4) is 0 Å². The van der Waals surface area contributed by atoms with Crippen LogP contribution < -0.4 is 4.74 Å². The summed E-state index contributed by atoms with van der Waals surface area (Å²) >= 11 is 6.57. The standard InChI is InChI=1S/C9H11BrO.C6H5BrO.C2H6O/c1-7(2)11-9-5-3-4-8(10)6-9;7-5-2-1-3-6(8)4-5;1-2-3/h3-7H,1-2H3;1-4,8H;3H,2H2,1H3. The Morgan fingerprint density at radius 1 is 1.00 bits per heavy atom. The molecule has 0 saturated heterocycles. The number of aromatic hydroxyl groups is 1. The summed E-state index contributed by atoms with van der Waals surface area (Å²) in [5.74, 6) is 1.20. The van der Waals surface area contributed by atoms with Crippen LogP contribution >= 0.6 is 31.9 Å². The quantitative estimate of drug-likeness (QED) is 0.667. The van der Waals surface area contributed by atoms with Gasteiger partial charge in [0.2, 0.25) is 0 Å². The summed E-state index contributed by atoms with van der Waals surface area (Å²) in [6.45, 7) is 5.96. The minimum Gasteiger partial charge on any atom is -0.508 e. The van der Waals surface area contributed by atoms with Gasteiger partial charge in [0.1, 0.15) is 11.5 Å². The second-order valence-electron chi connectivity index (χ2n) is 4.42. The number of phenols is 1. The van der Waals surface area contributed by atoms with E-state index >= 15 is 0 Å². The molecule has 0 aromatic heterocycles. The maximum absolute atomic E-state index is 8.78. The van der Waals surface area contributed by atoms with Gasteiger partial charge < -0.3 is 14.9 Å². The highest BCUT2D eigenvalue weighted by Crippen LogP contribution is 2.18. The molecule has 0 aliphatic heterocycles. The summed E-state index contributed by atoms with van der Waals surface area (Å²) in [4.78, 5) is 0. The van der Waals surface area contributed by atoms with Gasteiger partial charge in [0, 0.05) is 15.6 Å². The summed E-state index contributed by atoms with van der Waals surface area (Å²) in [6, 6.07) is 14.8. The molecule has 0 unspecified atom stereocenters. The number of halogens is 2.